The predicted molar refractivity (Wildman–Crippen MR) is 388 cm³/mol. The largest absolute Gasteiger partial charge is 0.494 e. The summed E-state index contributed by atoms with van der Waals surface area (Å²) in [6.45, 7) is 9.60. The van der Waals surface area contributed by atoms with Gasteiger partial charge in [-0.3, -0.25) is 4.79 Å². The van der Waals surface area contributed by atoms with Crippen LogP contribution < -0.4 is 31.2 Å². The molecule has 3 aliphatic rings. The molecule has 7 N–H and O–H groups in total. The van der Waals surface area contributed by atoms with Gasteiger partial charge in [0.05, 0.1) is 13.2 Å². The van der Waals surface area contributed by atoms with E-state index >= 15 is 0 Å². The van der Waals surface area contributed by atoms with Gasteiger partial charge >= 0.3 is 24.1 Å². The molecular weight excluding hydrogens is 1230 g/mol. The molecule has 0 spiro atoms. The first-order chi connectivity index (χ1) is 47.8. The minimum atomic E-state index is -1.06. The normalized spacial score (nSPS) is 12.6. The SMILES string of the molecule is CCC(NC(=O)OCC1c2ccccc2-c2ccccc21)C(=O)O.CCCCCCCCOc1ccc(N)cc1.CCCCCCCCOc1ccc(NC(=O)C(CC)NC(=O)OCC2c3ccccc3-c3ccccc32)cc1.O=C(CO)OCC1c2ccccc2-c2ccccc21. The molecule has 8 aromatic rings. The number of fused-ring (bicyclic) bond motifs is 9. The summed E-state index contributed by atoms with van der Waals surface area (Å²) in [6.07, 6.45) is 14.5. The lowest BCUT2D eigenvalue weighted by Crippen LogP contribution is -2.43. The minimum absolute atomic E-state index is 0.0288. The molecule has 0 radical (unpaired) electrons. The number of anilines is 2. The highest BCUT2D eigenvalue weighted by molar-refractivity contribution is 5.96. The highest BCUT2D eigenvalue weighted by Gasteiger charge is 2.32. The number of carbonyl (C=O) groups is 5. The predicted octanol–water partition coefficient (Wildman–Crippen LogP) is 17.4. The van der Waals surface area contributed by atoms with Gasteiger partial charge in [-0.1, -0.05) is 237 Å². The summed E-state index contributed by atoms with van der Waals surface area (Å²) in [6, 6.07) is 62.1. The van der Waals surface area contributed by atoms with Crippen molar-refractivity contribution in [2.24, 2.45) is 0 Å². The van der Waals surface area contributed by atoms with Gasteiger partial charge in [-0.25, -0.2) is 19.2 Å². The number of carboxylic acids is 1. The molecule has 16 nitrogen and oxygen atoms in total. The number of hydrogen-bond donors (Lipinski definition) is 6. The quantitative estimate of drug-likeness (QED) is 0.0107. The lowest BCUT2D eigenvalue weighted by Gasteiger charge is -2.19. The fourth-order valence-corrected chi connectivity index (χ4v) is 12.5. The molecule has 3 amide bonds. The summed E-state index contributed by atoms with van der Waals surface area (Å²) >= 11 is 0. The van der Waals surface area contributed by atoms with Crippen LogP contribution in [0, 0.1) is 0 Å². The van der Waals surface area contributed by atoms with Crippen LogP contribution in [0.15, 0.2) is 194 Å². The molecular formula is C82H96N4O12. The van der Waals surface area contributed by atoms with Gasteiger partial charge in [-0.05, 0) is 141 Å². The molecule has 516 valence electrons. The average Bonchev–Trinajstić information content (AvgIpc) is 1.64. The number of hydrogen-bond acceptors (Lipinski definition) is 12. The second-order valence-electron chi connectivity index (χ2n) is 24.6. The van der Waals surface area contributed by atoms with Crippen molar-refractivity contribution in [2.75, 3.05) is 50.7 Å². The van der Waals surface area contributed by atoms with Crippen LogP contribution >= 0.6 is 0 Å². The van der Waals surface area contributed by atoms with Crippen LogP contribution in [0.2, 0.25) is 0 Å². The molecule has 2 atom stereocenters. The van der Waals surface area contributed by atoms with Crippen LogP contribution in [0.3, 0.4) is 0 Å². The molecule has 0 saturated carbocycles. The molecule has 0 fully saturated rings. The number of benzene rings is 8. The summed E-state index contributed by atoms with van der Waals surface area (Å²) < 4.78 is 27.5. The van der Waals surface area contributed by atoms with E-state index in [1.807, 2.05) is 140 Å². The molecule has 3 aliphatic carbocycles. The zero-order chi connectivity index (χ0) is 69.4. The number of carbonyl (C=O) groups excluding carboxylic acids is 4. The molecule has 11 rings (SSSR count). The first kappa shape index (κ1) is 73.9. The first-order valence-corrected chi connectivity index (χ1v) is 34.8. The van der Waals surface area contributed by atoms with Gasteiger partial charge in [0.15, 0.2) is 0 Å². The van der Waals surface area contributed by atoms with E-state index in [-0.39, 0.29) is 43.5 Å². The lowest BCUT2D eigenvalue weighted by molar-refractivity contribution is -0.147. The number of ether oxygens (including phenoxy) is 5. The van der Waals surface area contributed by atoms with Crippen molar-refractivity contribution in [1.29, 1.82) is 0 Å². The van der Waals surface area contributed by atoms with Gasteiger partial charge in [0.1, 0.15) is 50.0 Å². The number of rotatable bonds is 30. The lowest BCUT2D eigenvalue weighted by atomic mass is 9.98. The summed E-state index contributed by atoms with van der Waals surface area (Å²) in [4.78, 5) is 59.5. The first-order valence-electron chi connectivity index (χ1n) is 34.8. The van der Waals surface area contributed by atoms with Crippen LogP contribution in [0.4, 0.5) is 21.0 Å². The van der Waals surface area contributed by atoms with Crippen molar-refractivity contribution in [3.8, 4) is 44.9 Å². The third kappa shape index (κ3) is 21.3. The van der Waals surface area contributed by atoms with Gasteiger partial charge in [0.2, 0.25) is 5.91 Å². The second-order valence-corrected chi connectivity index (χ2v) is 24.6. The van der Waals surface area contributed by atoms with Crippen molar-refractivity contribution >= 4 is 41.4 Å². The molecule has 0 aromatic heterocycles. The number of nitrogens with two attached hydrogens (primary N) is 1. The van der Waals surface area contributed by atoms with E-state index in [9.17, 15) is 24.0 Å². The van der Waals surface area contributed by atoms with E-state index in [2.05, 4.69) is 90.5 Å². The monoisotopic (exact) mass is 1330 g/mol. The van der Waals surface area contributed by atoms with Gasteiger partial charge in [-0.15, -0.1) is 0 Å². The number of nitrogens with one attached hydrogen (secondary N) is 3. The Balaban J connectivity index is 0.000000178. The van der Waals surface area contributed by atoms with Crippen molar-refractivity contribution in [3.63, 3.8) is 0 Å². The summed E-state index contributed by atoms with van der Waals surface area (Å²) in [5.41, 5.74) is 21.0. The van der Waals surface area contributed by atoms with Gasteiger partial charge in [-0.2, -0.15) is 0 Å². The number of aliphatic carboxylic acids is 1. The minimum Gasteiger partial charge on any atom is -0.494 e. The van der Waals surface area contributed by atoms with Crippen molar-refractivity contribution in [3.05, 3.63) is 228 Å². The van der Waals surface area contributed by atoms with Gasteiger partial charge < -0.3 is 55.6 Å². The fraction of sp³-hybridized carbons (Fsp3) is 0.354. The Hall–Kier alpha value is -9.93. The van der Waals surface area contributed by atoms with Gasteiger partial charge in [0, 0.05) is 29.1 Å². The molecule has 0 saturated heterocycles. The Morgan fingerprint density at radius 1 is 0.408 bits per heavy atom. The highest BCUT2D eigenvalue weighted by Crippen LogP contribution is 2.47. The van der Waals surface area contributed by atoms with Crippen LogP contribution in [-0.2, 0) is 28.6 Å². The zero-order valence-corrected chi connectivity index (χ0v) is 57.1. The topological polar surface area (TPSA) is 234 Å². The maximum atomic E-state index is 12.9. The Morgan fingerprint density at radius 2 is 0.724 bits per heavy atom. The van der Waals surface area contributed by atoms with E-state index in [1.54, 1.807) is 6.92 Å². The average molecular weight is 1330 g/mol. The van der Waals surface area contributed by atoms with Crippen molar-refractivity contribution in [1.82, 2.24) is 10.6 Å². The Labute approximate surface area is 577 Å². The Bertz CT molecular complexity index is 3680. The van der Waals surface area contributed by atoms with E-state index in [1.165, 1.54) is 97.6 Å². The van der Waals surface area contributed by atoms with E-state index in [4.69, 9.17) is 39.6 Å². The fourth-order valence-electron chi connectivity index (χ4n) is 12.5. The standard InChI is InChI=1S/C33H40N2O4.C19H19NO4.C16H14O3.C14H23NO/c1-3-5-6-7-8-13-22-38-25-20-18-24(19-21-25)34-32(36)31(4-2)35-33(37)39-23-30-28-16-11-9-14-26(28)27-15-10-12-17-29(27)30;1-2-17(18(21)22)20-19(23)24-11-16-14-9-5-3-7-12(14)13-8-4-6-10-15(13)16;17-9-16(18)19-10-15-13-7-3-1-5-11(13)12-6-2-4-8-14(12)15;1-2-3-4-5-6-7-12-16-14-10-8-13(15)9-11-14/h9-12,14-21,30-31H,3-8,13,22-23H2,1-2H3,(H,34,36)(H,35,37);3-10,16-17H,2,11H2,1H3,(H,20,23)(H,21,22);1-8,15,17H,9-10H2;8-11H,2-7,12,15H2,1H3. The molecule has 8 aromatic carbocycles. The second kappa shape index (κ2) is 39.3. The maximum absolute atomic E-state index is 12.9. The van der Waals surface area contributed by atoms with Crippen LogP contribution in [0.25, 0.3) is 33.4 Å². The maximum Gasteiger partial charge on any atom is 0.407 e. The van der Waals surface area contributed by atoms with Crippen LogP contribution in [0.1, 0.15) is 169 Å². The van der Waals surface area contributed by atoms with E-state index < -0.39 is 42.8 Å². The number of nitrogen functional groups attached to an aromatic ring is 1. The molecule has 2 unspecified atom stereocenters. The Kier molecular flexibility index (Phi) is 29.6. The molecule has 0 heterocycles. The van der Waals surface area contributed by atoms with Crippen molar-refractivity contribution < 1.29 is 57.9 Å². The third-order valence-corrected chi connectivity index (χ3v) is 17.7. The molecule has 98 heavy (non-hydrogen) atoms. The number of aliphatic hydroxyl groups is 1. The molecule has 16 heteroatoms. The number of unbranched alkanes of at least 4 members (excludes halogenated alkanes) is 10. The number of carboxylic acid groups (broad SMARTS) is 1. The van der Waals surface area contributed by atoms with Gasteiger partial charge in [0.25, 0.3) is 0 Å². The number of esters is 1. The summed E-state index contributed by atoms with van der Waals surface area (Å²) in [5, 5.41) is 25.7. The molecule has 0 bridgehead atoms. The molecule has 0 aliphatic heterocycles. The number of amides is 3. The van der Waals surface area contributed by atoms with Crippen LogP contribution in [0.5, 0.6) is 11.5 Å². The summed E-state index contributed by atoms with van der Waals surface area (Å²) in [5.74, 6) is -0.234. The smallest absolute Gasteiger partial charge is 0.407 e. The summed E-state index contributed by atoms with van der Waals surface area (Å²) in [7, 11) is 0. The highest BCUT2D eigenvalue weighted by atomic mass is 16.6. The van der Waals surface area contributed by atoms with Crippen LogP contribution in [-0.4, -0.2) is 92.0 Å². The zero-order valence-electron chi connectivity index (χ0n) is 57.1. The number of aliphatic hydroxyl groups excluding tert-OH is 1. The number of alkyl carbamates (subject to hydrolysis) is 2. The van der Waals surface area contributed by atoms with Crippen molar-refractivity contribution in [2.45, 2.75) is 147 Å². The van der Waals surface area contributed by atoms with E-state index in [0.717, 1.165) is 70.0 Å². The third-order valence-electron chi connectivity index (χ3n) is 17.7. The van der Waals surface area contributed by atoms with E-state index in [0.29, 0.717) is 25.1 Å². The Morgan fingerprint density at radius 3 is 1.06 bits per heavy atom.